The standard InChI is InChI=1S/C19H21FN2O2/c1-4-13-8-10-15(11-9-13)21-17(23)19(2,3)18(24)22-16-7-5-6-14(20)12-16/h5-12H,4H2,1-3H3,(H,21,23)(H,22,24). The second-order valence-electron chi connectivity index (χ2n) is 6.09. The summed E-state index contributed by atoms with van der Waals surface area (Å²) in [6.07, 6.45) is 0.912. The van der Waals surface area contributed by atoms with E-state index in [1.54, 1.807) is 18.2 Å². The molecule has 0 aromatic heterocycles. The van der Waals surface area contributed by atoms with Gasteiger partial charge < -0.3 is 10.6 Å². The number of aryl methyl sites for hydroxylation is 1. The van der Waals surface area contributed by atoms with E-state index in [0.29, 0.717) is 11.4 Å². The Kier molecular flexibility index (Phi) is 5.34. The Balaban J connectivity index is 2.06. The Morgan fingerprint density at radius 3 is 2.08 bits per heavy atom. The number of hydrogen-bond acceptors (Lipinski definition) is 2. The highest BCUT2D eigenvalue weighted by molar-refractivity contribution is 6.13. The lowest BCUT2D eigenvalue weighted by Gasteiger charge is -2.22. The number of anilines is 2. The van der Waals surface area contributed by atoms with E-state index in [2.05, 4.69) is 10.6 Å². The highest BCUT2D eigenvalue weighted by atomic mass is 19.1. The van der Waals surface area contributed by atoms with Crippen LogP contribution in [0.4, 0.5) is 15.8 Å². The van der Waals surface area contributed by atoms with E-state index in [1.807, 2.05) is 19.1 Å². The molecule has 0 saturated carbocycles. The van der Waals surface area contributed by atoms with Gasteiger partial charge in [0.15, 0.2) is 0 Å². The lowest BCUT2D eigenvalue weighted by molar-refractivity contribution is -0.135. The summed E-state index contributed by atoms with van der Waals surface area (Å²) in [4.78, 5) is 24.8. The van der Waals surface area contributed by atoms with Crippen LogP contribution in [-0.2, 0) is 16.0 Å². The summed E-state index contributed by atoms with van der Waals surface area (Å²) in [6, 6.07) is 13.0. The van der Waals surface area contributed by atoms with Crippen molar-refractivity contribution in [1.29, 1.82) is 0 Å². The Hall–Kier alpha value is -2.69. The molecule has 0 heterocycles. The second-order valence-corrected chi connectivity index (χ2v) is 6.09. The number of halogens is 1. The number of amides is 2. The molecule has 2 aromatic carbocycles. The highest BCUT2D eigenvalue weighted by Gasteiger charge is 2.36. The van der Waals surface area contributed by atoms with Gasteiger partial charge in [-0.15, -0.1) is 0 Å². The van der Waals surface area contributed by atoms with Gasteiger partial charge in [0.2, 0.25) is 11.8 Å². The molecule has 0 unspecified atom stereocenters. The number of rotatable bonds is 5. The summed E-state index contributed by atoms with van der Waals surface area (Å²) in [6.45, 7) is 5.10. The van der Waals surface area contributed by atoms with Gasteiger partial charge in [-0.05, 0) is 56.2 Å². The predicted molar refractivity (Wildman–Crippen MR) is 93.3 cm³/mol. The average molecular weight is 328 g/mol. The predicted octanol–water partition coefficient (Wildman–Crippen LogP) is 3.99. The van der Waals surface area contributed by atoms with Crippen molar-refractivity contribution in [3.8, 4) is 0 Å². The highest BCUT2D eigenvalue weighted by Crippen LogP contribution is 2.22. The quantitative estimate of drug-likeness (QED) is 0.815. The number of carbonyl (C=O) groups is 2. The molecule has 5 heteroatoms. The fourth-order valence-corrected chi connectivity index (χ4v) is 2.07. The number of carbonyl (C=O) groups excluding carboxylic acids is 2. The molecule has 0 bridgehead atoms. The fourth-order valence-electron chi connectivity index (χ4n) is 2.07. The molecule has 0 aliphatic heterocycles. The van der Waals surface area contributed by atoms with Crippen LogP contribution in [0.15, 0.2) is 48.5 Å². The van der Waals surface area contributed by atoms with Crippen LogP contribution in [0.25, 0.3) is 0 Å². The van der Waals surface area contributed by atoms with Crippen molar-refractivity contribution < 1.29 is 14.0 Å². The normalized spacial score (nSPS) is 11.0. The molecule has 2 N–H and O–H groups in total. The first-order chi connectivity index (χ1) is 11.3. The summed E-state index contributed by atoms with van der Waals surface area (Å²) in [7, 11) is 0. The van der Waals surface area contributed by atoms with Crippen molar-refractivity contribution in [3.05, 3.63) is 59.9 Å². The van der Waals surface area contributed by atoms with Crippen LogP contribution in [-0.4, -0.2) is 11.8 Å². The van der Waals surface area contributed by atoms with Crippen LogP contribution in [0.3, 0.4) is 0 Å². The molecule has 0 spiro atoms. The Bertz CT molecular complexity index is 739. The van der Waals surface area contributed by atoms with Crippen molar-refractivity contribution in [2.45, 2.75) is 27.2 Å². The molecule has 2 aromatic rings. The molecule has 0 aliphatic rings. The molecular formula is C19H21FN2O2. The number of nitrogens with one attached hydrogen (secondary N) is 2. The van der Waals surface area contributed by atoms with Crippen LogP contribution in [0, 0.1) is 11.2 Å². The molecule has 2 rings (SSSR count). The van der Waals surface area contributed by atoms with E-state index < -0.39 is 23.0 Å². The summed E-state index contributed by atoms with van der Waals surface area (Å²) < 4.78 is 13.2. The van der Waals surface area contributed by atoms with Gasteiger partial charge in [0.25, 0.3) is 0 Å². The molecule has 0 aliphatic carbocycles. The van der Waals surface area contributed by atoms with Crippen molar-refractivity contribution >= 4 is 23.2 Å². The van der Waals surface area contributed by atoms with Gasteiger partial charge in [-0.3, -0.25) is 9.59 Å². The third-order valence-corrected chi connectivity index (χ3v) is 3.84. The molecule has 2 amide bonds. The van der Waals surface area contributed by atoms with Gasteiger partial charge in [-0.1, -0.05) is 25.1 Å². The van der Waals surface area contributed by atoms with Crippen molar-refractivity contribution in [2.24, 2.45) is 5.41 Å². The smallest absolute Gasteiger partial charge is 0.239 e. The molecule has 24 heavy (non-hydrogen) atoms. The molecule has 0 saturated heterocycles. The van der Waals surface area contributed by atoms with Gasteiger partial charge in [-0.25, -0.2) is 4.39 Å². The zero-order valence-corrected chi connectivity index (χ0v) is 14.0. The van der Waals surface area contributed by atoms with Crippen LogP contribution in [0.5, 0.6) is 0 Å². The van der Waals surface area contributed by atoms with Gasteiger partial charge >= 0.3 is 0 Å². The largest absolute Gasteiger partial charge is 0.325 e. The van der Waals surface area contributed by atoms with Gasteiger partial charge in [0, 0.05) is 11.4 Å². The van der Waals surface area contributed by atoms with E-state index >= 15 is 0 Å². The summed E-state index contributed by atoms with van der Waals surface area (Å²) in [5.41, 5.74) is 0.795. The third kappa shape index (κ3) is 4.19. The summed E-state index contributed by atoms with van der Waals surface area (Å²) in [5.74, 6) is -1.39. The third-order valence-electron chi connectivity index (χ3n) is 3.84. The first-order valence-electron chi connectivity index (χ1n) is 7.80. The monoisotopic (exact) mass is 328 g/mol. The molecule has 126 valence electrons. The Labute approximate surface area is 141 Å². The van der Waals surface area contributed by atoms with Crippen LogP contribution >= 0.6 is 0 Å². The minimum Gasteiger partial charge on any atom is -0.325 e. The SMILES string of the molecule is CCc1ccc(NC(=O)C(C)(C)C(=O)Nc2cccc(F)c2)cc1. The van der Waals surface area contributed by atoms with E-state index in [4.69, 9.17) is 0 Å². The van der Waals surface area contributed by atoms with Gasteiger partial charge in [-0.2, -0.15) is 0 Å². The van der Waals surface area contributed by atoms with E-state index in [1.165, 1.54) is 32.0 Å². The molecular weight excluding hydrogens is 307 g/mol. The second kappa shape index (κ2) is 7.25. The molecule has 0 radical (unpaired) electrons. The summed E-state index contributed by atoms with van der Waals surface area (Å²) in [5, 5.41) is 5.31. The van der Waals surface area contributed by atoms with Crippen LogP contribution in [0.1, 0.15) is 26.3 Å². The minimum absolute atomic E-state index is 0.313. The van der Waals surface area contributed by atoms with E-state index in [9.17, 15) is 14.0 Å². The Morgan fingerprint density at radius 1 is 0.958 bits per heavy atom. The first kappa shape index (κ1) is 17.7. The number of hydrogen-bond donors (Lipinski definition) is 2. The van der Waals surface area contributed by atoms with Gasteiger partial charge in [0.05, 0.1) is 0 Å². The first-order valence-corrected chi connectivity index (χ1v) is 7.80. The maximum absolute atomic E-state index is 13.2. The molecule has 0 atom stereocenters. The molecule has 4 nitrogen and oxygen atoms in total. The zero-order valence-electron chi connectivity index (χ0n) is 14.0. The lowest BCUT2D eigenvalue weighted by atomic mass is 9.90. The fraction of sp³-hybridized carbons (Fsp3) is 0.263. The Morgan fingerprint density at radius 2 is 1.54 bits per heavy atom. The van der Waals surface area contributed by atoms with Crippen molar-refractivity contribution in [2.75, 3.05) is 10.6 Å². The van der Waals surface area contributed by atoms with Crippen LogP contribution < -0.4 is 10.6 Å². The van der Waals surface area contributed by atoms with E-state index in [0.717, 1.165) is 12.0 Å². The summed E-state index contributed by atoms with van der Waals surface area (Å²) >= 11 is 0. The topological polar surface area (TPSA) is 58.2 Å². The average Bonchev–Trinajstić information content (AvgIpc) is 2.55. The number of benzene rings is 2. The maximum Gasteiger partial charge on any atom is 0.239 e. The molecule has 0 fully saturated rings. The van der Waals surface area contributed by atoms with Crippen molar-refractivity contribution in [3.63, 3.8) is 0 Å². The van der Waals surface area contributed by atoms with Gasteiger partial charge in [0.1, 0.15) is 11.2 Å². The van der Waals surface area contributed by atoms with Crippen LogP contribution in [0.2, 0.25) is 0 Å². The minimum atomic E-state index is -1.31. The maximum atomic E-state index is 13.2. The zero-order chi connectivity index (χ0) is 17.7. The van der Waals surface area contributed by atoms with Crippen molar-refractivity contribution in [1.82, 2.24) is 0 Å². The van der Waals surface area contributed by atoms with E-state index in [-0.39, 0.29) is 0 Å². The lowest BCUT2D eigenvalue weighted by Crippen LogP contribution is -2.41.